The molecule has 0 saturated heterocycles. The van der Waals surface area contributed by atoms with Crippen LogP contribution in [0.5, 0.6) is 23.0 Å². The van der Waals surface area contributed by atoms with Gasteiger partial charge in [-0.05, 0) is 53.9 Å². The Kier molecular flexibility index (Phi) is 7.37. The molecule has 1 aliphatic rings. The van der Waals surface area contributed by atoms with Crippen molar-refractivity contribution < 1.29 is 23.7 Å². The first-order chi connectivity index (χ1) is 19.0. The molecule has 0 amide bonds. The first-order valence-corrected chi connectivity index (χ1v) is 12.8. The average molecular weight is 521 g/mol. The molecule has 7 heteroatoms. The number of hydrogen-bond donors (Lipinski definition) is 1. The van der Waals surface area contributed by atoms with Gasteiger partial charge in [0, 0.05) is 11.6 Å². The fourth-order valence-electron chi connectivity index (χ4n) is 4.71. The van der Waals surface area contributed by atoms with Crippen LogP contribution in [0.25, 0.3) is 10.8 Å². The second-order valence-electron chi connectivity index (χ2n) is 9.03. The molecule has 1 unspecified atom stereocenters. The Hall–Kier alpha value is -4.96. The highest BCUT2D eigenvalue weighted by molar-refractivity contribution is 6.05. The summed E-state index contributed by atoms with van der Waals surface area (Å²) in [6.07, 6.45) is 0.867. The summed E-state index contributed by atoms with van der Waals surface area (Å²) in [4.78, 5) is 13.1. The van der Waals surface area contributed by atoms with Gasteiger partial charge in [-0.1, -0.05) is 55.5 Å². The lowest BCUT2D eigenvalue weighted by Crippen LogP contribution is -2.21. The first-order valence-electron chi connectivity index (χ1n) is 12.8. The third-order valence-electron chi connectivity index (χ3n) is 6.47. The molecule has 0 bridgehead atoms. The maximum Gasteiger partial charge on any atom is 0.344 e. The number of carbonyl (C=O) groups excluding carboxylic acids is 1. The van der Waals surface area contributed by atoms with Crippen LogP contribution in [0.3, 0.4) is 0 Å². The van der Waals surface area contributed by atoms with Crippen LogP contribution in [0.15, 0.2) is 90.3 Å². The van der Waals surface area contributed by atoms with Crippen molar-refractivity contribution >= 4 is 16.7 Å². The summed E-state index contributed by atoms with van der Waals surface area (Å²) in [5, 5.41) is 11.7. The van der Waals surface area contributed by atoms with Crippen molar-refractivity contribution in [2.45, 2.75) is 26.2 Å². The number of allylic oxidation sites excluding steroid dienone is 1. The van der Waals surface area contributed by atoms with Crippen LogP contribution in [0.2, 0.25) is 0 Å². The molecule has 2 N–H and O–H groups in total. The summed E-state index contributed by atoms with van der Waals surface area (Å²) >= 11 is 0. The Morgan fingerprint density at radius 2 is 1.79 bits per heavy atom. The van der Waals surface area contributed by atoms with Crippen molar-refractivity contribution in [2.24, 2.45) is 5.73 Å². The zero-order valence-electron chi connectivity index (χ0n) is 21.8. The molecule has 0 saturated carbocycles. The molecule has 0 spiro atoms. The number of esters is 1. The number of hydrogen-bond acceptors (Lipinski definition) is 7. The Morgan fingerprint density at radius 3 is 2.59 bits per heavy atom. The zero-order valence-corrected chi connectivity index (χ0v) is 21.8. The number of ether oxygens (including phenoxy) is 4. The molecule has 4 aromatic rings. The minimum atomic E-state index is -0.499. The van der Waals surface area contributed by atoms with Crippen LogP contribution in [-0.2, 0) is 0 Å². The lowest BCUT2D eigenvalue weighted by atomic mass is 9.83. The average Bonchev–Trinajstić information content (AvgIpc) is 2.95. The number of carbonyl (C=O) groups is 1. The molecule has 1 heterocycles. The van der Waals surface area contributed by atoms with Gasteiger partial charge in [-0.2, -0.15) is 5.26 Å². The molecule has 39 heavy (non-hydrogen) atoms. The van der Waals surface area contributed by atoms with Gasteiger partial charge in [-0.25, -0.2) is 4.79 Å². The fraction of sp³-hybridized carbons (Fsp3) is 0.188. The smallest absolute Gasteiger partial charge is 0.344 e. The van der Waals surface area contributed by atoms with E-state index in [0.717, 1.165) is 28.3 Å². The van der Waals surface area contributed by atoms with Crippen LogP contribution in [0.1, 0.15) is 47.7 Å². The summed E-state index contributed by atoms with van der Waals surface area (Å²) in [5.74, 6) is 0.956. The molecule has 5 rings (SSSR count). The quantitative estimate of drug-likeness (QED) is 0.210. The molecule has 0 aliphatic carbocycles. The van der Waals surface area contributed by atoms with E-state index in [9.17, 15) is 10.1 Å². The van der Waals surface area contributed by atoms with Crippen LogP contribution in [-0.4, -0.2) is 19.2 Å². The predicted molar refractivity (Wildman–Crippen MR) is 148 cm³/mol. The van der Waals surface area contributed by atoms with E-state index in [1.807, 2.05) is 68.4 Å². The first kappa shape index (κ1) is 25.7. The molecular formula is C32H28N2O5. The minimum absolute atomic E-state index is 0.00296. The third kappa shape index (κ3) is 5.10. The van der Waals surface area contributed by atoms with Crippen molar-refractivity contribution in [3.05, 3.63) is 107 Å². The number of nitrogens with two attached hydrogens (primary N) is 1. The van der Waals surface area contributed by atoms with Gasteiger partial charge < -0.3 is 24.7 Å². The topological polar surface area (TPSA) is 104 Å². The van der Waals surface area contributed by atoms with Gasteiger partial charge in [0.1, 0.15) is 23.1 Å². The number of nitriles is 1. The predicted octanol–water partition coefficient (Wildman–Crippen LogP) is 6.46. The van der Waals surface area contributed by atoms with Crippen molar-refractivity contribution in [1.29, 1.82) is 5.26 Å². The largest absolute Gasteiger partial charge is 0.490 e. The van der Waals surface area contributed by atoms with E-state index in [-0.39, 0.29) is 11.5 Å². The van der Waals surface area contributed by atoms with E-state index in [4.69, 9.17) is 24.7 Å². The minimum Gasteiger partial charge on any atom is -0.490 e. The van der Waals surface area contributed by atoms with Crippen molar-refractivity contribution in [3.8, 4) is 29.1 Å². The highest BCUT2D eigenvalue weighted by atomic mass is 16.5. The second kappa shape index (κ2) is 11.2. The van der Waals surface area contributed by atoms with Crippen LogP contribution >= 0.6 is 0 Å². The monoisotopic (exact) mass is 520 g/mol. The second-order valence-corrected chi connectivity index (χ2v) is 9.03. The van der Waals surface area contributed by atoms with Gasteiger partial charge >= 0.3 is 5.97 Å². The van der Waals surface area contributed by atoms with E-state index in [1.54, 1.807) is 24.3 Å². The number of benzene rings is 4. The van der Waals surface area contributed by atoms with E-state index >= 15 is 0 Å². The summed E-state index contributed by atoms with van der Waals surface area (Å²) in [7, 11) is 0. The molecule has 4 aromatic carbocycles. The summed E-state index contributed by atoms with van der Waals surface area (Å²) < 4.78 is 23.2. The van der Waals surface area contributed by atoms with Crippen LogP contribution in [0.4, 0.5) is 0 Å². The van der Waals surface area contributed by atoms with E-state index in [2.05, 4.69) is 6.07 Å². The Balaban J connectivity index is 1.49. The van der Waals surface area contributed by atoms with Gasteiger partial charge in [0.25, 0.3) is 0 Å². The van der Waals surface area contributed by atoms with Crippen molar-refractivity contribution in [2.75, 3.05) is 13.2 Å². The fourth-order valence-corrected chi connectivity index (χ4v) is 4.71. The summed E-state index contributed by atoms with van der Waals surface area (Å²) in [5.41, 5.74) is 8.46. The maximum atomic E-state index is 13.1. The van der Waals surface area contributed by atoms with E-state index in [0.29, 0.717) is 41.8 Å². The van der Waals surface area contributed by atoms with Gasteiger partial charge in [-0.15, -0.1) is 0 Å². The standard InChI is InChI=1S/C32H28N2O5/c1-3-16-37-27-15-12-21(17-29(27)36-4-2)30-25-14-13-22(18-28(25)39-31(34)26(30)19-33)38-32(35)24-11-7-9-20-8-5-6-10-23(20)24/h5-15,17-18,30H,3-4,16,34H2,1-2H3. The Labute approximate surface area is 227 Å². The van der Waals surface area contributed by atoms with Gasteiger partial charge in [0.2, 0.25) is 5.88 Å². The number of fused-ring (bicyclic) bond motifs is 2. The maximum absolute atomic E-state index is 13.1. The molecule has 0 aromatic heterocycles. The van der Waals surface area contributed by atoms with E-state index < -0.39 is 11.9 Å². The van der Waals surface area contributed by atoms with Crippen LogP contribution < -0.4 is 24.7 Å². The lowest BCUT2D eigenvalue weighted by Gasteiger charge is -2.27. The molecule has 0 radical (unpaired) electrons. The summed E-state index contributed by atoms with van der Waals surface area (Å²) in [6, 6.07) is 26.0. The third-order valence-corrected chi connectivity index (χ3v) is 6.47. The summed E-state index contributed by atoms with van der Waals surface area (Å²) in [6.45, 7) is 4.97. The zero-order chi connectivity index (χ0) is 27.4. The molecular weight excluding hydrogens is 492 g/mol. The number of rotatable bonds is 8. The van der Waals surface area contributed by atoms with Crippen molar-refractivity contribution in [1.82, 2.24) is 0 Å². The molecule has 1 atom stereocenters. The van der Waals surface area contributed by atoms with Gasteiger partial charge in [-0.3, -0.25) is 0 Å². The van der Waals surface area contributed by atoms with Crippen LogP contribution in [0, 0.1) is 11.3 Å². The normalized spacial score (nSPS) is 14.2. The van der Waals surface area contributed by atoms with Crippen molar-refractivity contribution in [3.63, 3.8) is 0 Å². The number of nitrogens with zero attached hydrogens (tertiary/aromatic N) is 1. The Morgan fingerprint density at radius 1 is 0.974 bits per heavy atom. The lowest BCUT2D eigenvalue weighted by molar-refractivity contribution is 0.0736. The molecule has 0 fully saturated rings. The highest BCUT2D eigenvalue weighted by Crippen LogP contribution is 2.45. The van der Waals surface area contributed by atoms with Gasteiger partial charge in [0.05, 0.1) is 24.7 Å². The molecule has 196 valence electrons. The van der Waals surface area contributed by atoms with Gasteiger partial charge in [0.15, 0.2) is 11.5 Å². The SMILES string of the molecule is CCCOc1ccc(C2C(C#N)=C(N)Oc3cc(OC(=O)c4cccc5ccccc45)ccc32)cc1OCC. The molecule has 1 aliphatic heterocycles. The Bertz CT molecular complexity index is 1610. The van der Waals surface area contributed by atoms with E-state index in [1.165, 1.54) is 0 Å². The molecule has 7 nitrogen and oxygen atoms in total. The highest BCUT2D eigenvalue weighted by Gasteiger charge is 2.32.